The van der Waals surface area contributed by atoms with Gasteiger partial charge >= 0.3 is 0 Å². The van der Waals surface area contributed by atoms with E-state index < -0.39 is 0 Å². The van der Waals surface area contributed by atoms with Gasteiger partial charge in [0.1, 0.15) is 11.5 Å². The van der Waals surface area contributed by atoms with Crippen LogP contribution >= 0.6 is 0 Å². The number of furan rings is 1. The summed E-state index contributed by atoms with van der Waals surface area (Å²) in [4.78, 5) is 18.0. The molecule has 5 rings (SSSR count). The number of ether oxygens (including phenoxy) is 2. The number of nitrogens with one attached hydrogen (secondary N) is 1. The third-order valence-electron chi connectivity index (χ3n) is 5.93. The fourth-order valence-corrected chi connectivity index (χ4v) is 4.29. The molecule has 0 radical (unpaired) electrons. The summed E-state index contributed by atoms with van der Waals surface area (Å²) >= 11 is 0. The number of tetrazole rings is 1. The van der Waals surface area contributed by atoms with E-state index in [0.717, 1.165) is 47.7 Å². The first-order valence-electron chi connectivity index (χ1n) is 11.6. The van der Waals surface area contributed by atoms with E-state index >= 15 is 0 Å². The average Bonchev–Trinajstić information content (AvgIpc) is 3.60. The molecule has 178 valence electrons. The molecule has 10 nitrogen and oxygen atoms in total. The Hall–Kier alpha value is -3.50. The molecule has 0 unspecified atom stereocenters. The van der Waals surface area contributed by atoms with E-state index in [0.29, 0.717) is 38.3 Å². The van der Waals surface area contributed by atoms with Gasteiger partial charge in [0.05, 0.1) is 38.6 Å². The van der Waals surface area contributed by atoms with Crippen LogP contribution in [0, 0.1) is 0 Å². The van der Waals surface area contributed by atoms with E-state index in [1.165, 1.54) is 0 Å². The first-order chi connectivity index (χ1) is 16.7. The number of H-pyrrole nitrogens is 1. The van der Waals surface area contributed by atoms with E-state index in [1.807, 2.05) is 43.3 Å². The Labute approximate surface area is 196 Å². The summed E-state index contributed by atoms with van der Waals surface area (Å²) < 4.78 is 18.7. The number of aromatic amines is 1. The summed E-state index contributed by atoms with van der Waals surface area (Å²) in [7, 11) is 0. The van der Waals surface area contributed by atoms with Crippen LogP contribution in [-0.2, 0) is 30.9 Å². The van der Waals surface area contributed by atoms with E-state index in [4.69, 9.17) is 13.9 Å². The van der Waals surface area contributed by atoms with Crippen molar-refractivity contribution in [2.24, 2.45) is 0 Å². The van der Waals surface area contributed by atoms with Crippen LogP contribution in [0.3, 0.4) is 0 Å². The first-order valence-corrected chi connectivity index (χ1v) is 11.6. The molecule has 3 aromatic heterocycles. The Morgan fingerprint density at radius 3 is 2.97 bits per heavy atom. The van der Waals surface area contributed by atoms with Crippen molar-refractivity contribution < 1.29 is 13.9 Å². The van der Waals surface area contributed by atoms with E-state index in [9.17, 15) is 4.79 Å². The van der Waals surface area contributed by atoms with Crippen LogP contribution < -0.4 is 10.3 Å². The first kappa shape index (κ1) is 22.3. The van der Waals surface area contributed by atoms with Crippen LogP contribution in [0.5, 0.6) is 5.75 Å². The molecule has 0 bridgehead atoms. The van der Waals surface area contributed by atoms with Gasteiger partial charge in [-0.2, -0.15) is 0 Å². The van der Waals surface area contributed by atoms with Gasteiger partial charge < -0.3 is 18.9 Å². The van der Waals surface area contributed by atoms with Crippen molar-refractivity contribution in [3.63, 3.8) is 0 Å². The van der Waals surface area contributed by atoms with Gasteiger partial charge in [0.2, 0.25) is 0 Å². The fraction of sp³-hybridized carbons (Fsp3) is 0.417. The molecule has 0 saturated carbocycles. The predicted molar refractivity (Wildman–Crippen MR) is 124 cm³/mol. The number of pyridine rings is 1. The molecule has 1 aliphatic heterocycles. The molecule has 0 spiro atoms. The molecule has 4 heterocycles. The van der Waals surface area contributed by atoms with Gasteiger partial charge in [-0.15, -0.1) is 5.10 Å². The maximum absolute atomic E-state index is 12.9. The van der Waals surface area contributed by atoms with E-state index in [-0.39, 0.29) is 11.7 Å². The van der Waals surface area contributed by atoms with Gasteiger partial charge in [-0.05, 0) is 66.6 Å². The van der Waals surface area contributed by atoms with Crippen molar-refractivity contribution in [3.8, 4) is 5.75 Å². The summed E-state index contributed by atoms with van der Waals surface area (Å²) in [6.07, 6.45) is 3.84. The van der Waals surface area contributed by atoms with Gasteiger partial charge in [-0.25, -0.2) is 4.68 Å². The Bertz CT molecular complexity index is 1280. The highest BCUT2D eigenvalue weighted by atomic mass is 16.5. The Morgan fingerprint density at radius 2 is 2.18 bits per heavy atom. The fourth-order valence-electron chi connectivity index (χ4n) is 4.29. The van der Waals surface area contributed by atoms with Gasteiger partial charge in [-0.1, -0.05) is 0 Å². The van der Waals surface area contributed by atoms with Crippen molar-refractivity contribution >= 4 is 10.9 Å². The van der Waals surface area contributed by atoms with Crippen LogP contribution in [0.4, 0.5) is 0 Å². The molecule has 34 heavy (non-hydrogen) atoms. The zero-order chi connectivity index (χ0) is 23.3. The van der Waals surface area contributed by atoms with Gasteiger partial charge in [0, 0.05) is 29.6 Å². The lowest BCUT2D eigenvalue weighted by Crippen LogP contribution is -2.28. The number of aromatic nitrogens is 5. The van der Waals surface area contributed by atoms with Crippen LogP contribution in [0.15, 0.2) is 51.9 Å². The van der Waals surface area contributed by atoms with Crippen molar-refractivity contribution in [1.82, 2.24) is 30.1 Å². The maximum atomic E-state index is 12.9. The molecular weight excluding hydrogens is 436 g/mol. The number of rotatable bonds is 10. The van der Waals surface area contributed by atoms with Gasteiger partial charge in [-0.3, -0.25) is 9.69 Å². The smallest absolute Gasteiger partial charge is 0.252 e. The molecule has 1 aromatic carbocycles. The molecule has 0 aliphatic carbocycles. The molecular formula is C24H28N6O4. The highest BCUT2D eigenvalue weighted by molar-refractivity contribution is 5.80. The quantitative estimate of drug-likeness (QED) is 0.381. The second kappa shape index (κ2) is 10.2. The van der Waals surface area contributed by atoms with Crippen molar-refractivity contribution in [3.05, 3.63) is 70.2 Å². The number of hydrogen-bond donors (Lipinski definition) is 1. The molecule has 1 atom stereocenters. The zero-order valence-corrected chi connectivity index (χ0v) is 19.1. The largest absolute Gasteiger partial charge is 0.494 e. The third-order valence-corrected chi connectivity index (χ3v) is 5.93. The van der Waals surface area contributed by atoms with Crippen molar-refractivity contribution in [1.29, 1.82) is 0 Å². The van der Waals surface area contributed by atoms with Gasteiger partial charge in [0.15, 0.2) is 5.82 Å². The molecule has 10 heteroatoms. The second-order valence-electron chi connectivity index (χ2n) is 8.44. The highest BCUT2D eigenvalue weighted by Gasteiger charge is 2.21. The highest BCUT2D eigenvalue weighted by Crippen LogP contribution is 2.21. The predicted octanol–water partition coefficient (Wildman–Crippen LogP) is 2.89. The number of nitrogens with zero attached hydrogens (tertiary/aromatic N) is 5. The van der Waals surface area contributed by atoms with Crippen molar-refractivity contribution in [2.75, 3.05) is 13.2 Å². The summed E-state index contributed by atoms with van der Waals surface area (Å²) in [6, 6.07) is 11.4. The zero-order valence-electron chi connectivity index (χ0n) is 19.1. The molecule has 1 saturated heterocycles. The summed E-state index contributed by atoms with van der Waals surface area (Å²) in [6.45, 7) is 5.29. The summed E-state index contributed by atoms with van der Waals surface area (Å²) in [5, 5.41) is 13.2. The maximum Gasteiger partial charge on any atom is 0.252 e. The van der Waals surface area contributed by atoms with Gasteiger partial charge in [0.25, 0.3) is 5.56 Å². The number of benzene rings is 1. The average molecular weight is 465 g/mol. The molecule has 1 fully saturated rings. The number of fused-ring (bicyclic) bond motifs is 1. The minimum Gasteiger partial charge on any atom is -0.494 e. The standard InChI is InChI=1S/C24H28N6O4/c1-2-32-19-7-8-22-17(12-19)11-18(24(31)25-22)13-29(14-20-5-3-9-33-20)16-23-26-27-28-30(23)15-21-6-4-10-34-21/h3,5,7-9,11-12,21H,2,4,6,10,13-16H2,1H3,(H,25,31)/t21-/m0/s1. The molecule has 1 N–H and O–H groups in total. The van der Waals surface area contributed by atoms with Crippen LogP contribution in [0.1, 0.15) is 36.9 Å². The Balaban J connectivity index is 1.40. The molecule has 1 aliphatic rings. The second-order valence-corrected chi connectivity index (χ2v) is 8.44. The summed E-state index contributed by atoms with van der Waals surface area (Å²) in [5.41, 5.74) is 1.29. The van der Waals surface area contributed by atoms with Crippen molar-refractivity contribution in [2.45, 2.75) is 52.0 Å². The lowest BCUT2D eigenvalue weighted by Gasteiger charge is -2.21. The van der Waals surface area contributed by atoms with E-state index in [2.05, 4.69) is 25.4 Å². The van der Waals surface area contributed by atoms with E-state index in [1.54, 1.807) is 10.9 Å². The number of hydrogen-bond acceptors (Lipinski definition) is 8. The molecule has 4 aromatic rings. The minimum absolute atomic E-state index is 0.125. The third kappa shape index (κ3) is 5.18. The van der Waals surface area contributed by atoms with Crippen LogP contribution in [0.2, 0.25) is 0 Å². The monoisotopic (exact) mass is 464 g/mol. The minimum atomic E-state index is -0.125. The molecule has 0 amide bonds. The topological polar surface area (TPSA) is 111 Å². The lowest BCUT2D eigenvalue weighted by molar-refractivity contribution is 0.0913. The Morgan fingerprint density at radius 1 is 1.24 bits per heavy atom. The Kier molecular flexibility index (Phi) is 6.68. The van der Waals surface area contributed by atoms with Crippen LogP contribution in [0.25, 0.3) is 10.9 Å². The normalized spacial score (nSPS) is 16.0. The van der Waals surface area contributed by atoms with Crippen LogP contribution in [-0.4, -0.2) is 49.4 Å². The lowest BCUT2D eigenvalue weighted by atomic mass is 10.1. The summed E-state index contributed by atoms with van der Waals surface area (Å²) in [5.74, 6) is 2.29. The SMILES string of the molecule is CCOc1ccc2[nH]c(=O)c(CN(Cc3ccco3)Cc3nnnn3C[C@@H]3CCCO3)cc2c1.